The molecule has 0 spiro atoms. The molecule has 1 aliphatic rings. The van der Waals surface area contributed by atoms with Crippen LogP contribution in [0.25, 0.3) is 10.9 Å². The van der Waals surface area contributed by atoms with Crippen LogP contribution in [-0.2, 0) is 22.8 Å². The second-order valence-electron chi connectivity index (χ2n) is 5.90. The minimum absolute atomic E-state index is 0.245. The summed E-state index contributed by atoms with van der Waals surface area (Å²) in [5.41, 5.74) is 3.18. The molecule has 2 aromatic rings. The Kier molecular flexibility index (Phi) is 3.53. The van der Waals surface area contributed by atoms with Crippen LogP contribution in [0.4, 0.5) is 4.39 Å². The standard InChI is InChI=1S/C15H19FN2O2S/c1-10(21(2,19)20)8-18-6-5-15-13(9-18)12-7-11(16)3-4-14(12)17-15/h3-4,7,10,17H,5-6,8-9H2,1-2H3. The molecule has 114 valence electrons. The first-order chi connectivity index (χ1) is 9.84. The fourth-order valence-electron chi connectivity index (χ4n) is 2.90. The summed E-state index contributed by atoms with van der Waals surface area (Å²) >= 11 is 0. The lowest BCUT2D eigenvalue weighted by molar-refractivity contribution is 0.255. The third-order valence-corrected chi connectivity index (χ3v) is 5.87. The number of halogens is 1. The summed E-state index contributed by atoms with van der Waals surface area (Å²) < 4.78 is 36.6. The highest BCUT2D eigenvalue weighted by Gasteiger charge is 2.24. The largest absolute Gasteiger partial charge is 0.358 e. The first-order valence-electron chi connectivity index (χ1n) is 7.05. The average molecular weight is 310 g/mol. The topological polar surface area (TPSA) is 53.2 Å². The summed E-state index contributed by atoms with van der Waals surface area (Å²) in [6.45, 7) is 3.74. The quantitative estimate of drug-likeness (QED) is 0.944. The predicted molar refractivity (Wildman–Crippen MR) is 81.5 cm³/mol. The number of nitrogens with zero attached hydrogens (tertiary/aromatic N) is 1. The van der Waals surface area contributed by atoms with Gasteiger partial charge in [0.1, 0.15) is 5.82 Å². The summed E-state index contributed by atoms with van der Waals surface area (Å²) in [5, 5.41) is 0.516. The van der Waals surface area contributed by atoms with Crippen LogP contribution >= 0.6 is 0 Å². The number of aromatic amines is 1. The molecule has 0 fully saturated rings. The van der Waals surface area contributed by atoms with Crippen molar-refractivity contribution in [2.45, 2.75) is 25.1 Å². The van der Waals surface area contributed by atoms with Gasteiger partial charge in [-0.1, -0.05) is 0 Å². The van der Waals surface area contributed by atoms with Gasteiger partial charge < -0.3 is 4.98 Å². The van der Waals surface area contributed by atoms with Crippen LogP contribution in [0.2, 0.25) is 0 Å². The van der Waals surface area contributed by atoms with Crippen molar-refractivity contribution in [1.82, 2.24) is 9.88 Å². The Labute approximate surface area is 123 Å². The van der Waals surface area contributed by atoms with Crippen LogP contribution in [0.1, 0.15) is 18.2 Å². The number of fused-ring (bicyclic) bond motifs is 3. The van der Waals surface area contributed by atoms with E-state index in [0.717, 1.165) is 35.1 Å². The molecule has 1 aromatic heterocycles. The van der Waals surface area contributed by atoms with Crippen LogP contribution < -0.4 is 0 Å². The highest BCUT2D eigenvalue weighted by Crippen LogP contribution is 2.28. The Morgan fingerprint density at radius 2 is 2.19 bits per heavy atom. The second-order valence-corrected chi connectivity index (χ2v) is 8.36. The average Bonchev–Trinajstić information content (AvgIpc) is 2.75. The lowest BCUT2D eigenvalue weighted by atomic mass is 10.0. The third-order valence-electron chi connectivity index (χ3n) is 4.26. The Balaban J connectivity index is 1.88. The van der Waals surface area contributed by atoms with Crippen molar-refractivity contribution < 1.29 is 12.8 Å². The molecular weight excluding hydrogens is 291 g/mol. The lowest BCUT2D eigenvalue weighted by Gasteiger charge is -2.29. The zero-order chi connectivity index (χ0) is 15.2. The van der Waals surface area contributed by atoms with Gasteiger partial charge in [0, 0.05) is 48.9 Å². The first kappa shape index (κ1) is 14.5. The van der Waals surface area contributed by atoms with E-state index in [1.165, 1.54) is 12.3 Å². The zero-order valence-corrected chi connectivity index (χ0v) is 13.0. The first-order valence-corrected chi connectivity index (χ1v) is 9.00. The maximum atomic E-state index is 13.4. The maximum Gasteiger partial charge on any atom is 0.151 e. The molecule has 21 heavy (non-hydrogen) atoms. The molecule has 1 atom stereocenters. The van der Waals surface area contributed by atoms with Gasteiger partial charge in [-0.15, -0.1) is 0 Å². The van der Waals surface area contributed by atoms with E-state index in [0.29, 0.717) is 13.1 Å². The molecule has 1 aromatic carbocycles. The minimum Gasteiger partial charge on any atom is -0.358 e. The number of benzene rings is 1. The third kappa shape index (κ3) is 2.82. The van der Waals surface area contributed by atoms with E-state index in [9.17, 15) is 12.8 Å². The number of sulfone groups is 1. The number of aromatic nitrogens is 1. The van der Waals surface area contributed by atoms with E-state index < -0.39 is 9.84 Å². The zero-order valence-electron chi connectivity index (χ0n) is 12.2. The van der Waals surface area contributed by atoms with Gasteiger partial charge >= 0.3 is 0 Å². The monoisotopic (exact) mass is 310 g/mol. The fraction of sp³-hybridized carbons (Fsp3) is 0.467. The number of hydrogen-bond donors (Lipinski definition) is 1. The maximum absolute atomic E-state index is 13.4. The molecule has 2 heterocycles. The summed E-state index contributed by atoms with van der Waals surface area (Å²) in [4.78, 5) is 5.47. The fourth-order valence-corrected chi connectivity index (χ4v) is 3.38. The van der Waals surface area contributed by atoms with Crippen molar-refractivity contribution in [2.24, 2.45) is 0 Å². The van der Waals surface area contributed by atoms with Crippen molar-refractivity contribution in [1.29, 1.82) is 0 Å². The van der Waals surface area contributed by atoms with Gasteiger partial charge in [-0.25, -0.2) is 12.8 Å². The smallest absolute Gasteiger partial charge is 0.151 e. The molecular formula is C15H19FN2O2S. The van der Waals surface area contributed by atoms with Crippen molar-refractivity contribution in [2.75, 3.05) is 19.3 Å². The number of H-pyrrole nitrogens is 1. The molecule has 1 N–H and O–H groups in total. The van der Waals surface area contributed by atoms with Gasteiger partial charge in [0.2, 0.25) is 0 Å². The van der Waals surface area contributed by atoms with E-state index >= 15 is 0 Å². The Bertz CT molecular complexity index is 782. The number of nitrogens with one attached hydrogen (secondary N) is 1. The molecule has 0 aliphatic carbocycles. The van der Waals surface area contributed by atoms with Crippen LogP contribution in [-0.4, -0.2) is 42.9 Å². The number of hydrogen-bond acceptors (Lipinski definition) is 3. The Morgan fingerprint density at radius 3 is 2.90 bits per heavy atom. The number of rotatable bonds is 3. The lowest BCUT2D eigenvalue weighted by Crippen LogP contribution is -2.38. The van der Waals surface area contributed by atoms with Crippen molar-refractivity contribution in [3.05, 3.63) is 35.3 Å². The molecule has 1 unspecified atom stereocenters. The second kappa shape index (κ2) is 5.10. The van der Waals surface area contributed by atoms with Crippen molar-refractivity contribution >= 4 is 20.7 Å². The normalized spacial score (nSPS) is 17.9. The van der Waals surface area contributed by atoms with Gasteiger partial charge in [0.05, 0.1) is 5.25 Å². The molecule has 0 radical (unpaired) electrons. The van der Waals surface area contributed by atoms with E-state index in [2.05, 4.69) is 9.88 Å². The van der Waals surface area contributed by atoms with Crippen molar-refractivity contribution in [3.8, 4) is 0 Å². The SMILES string of the molecule is CC(CN1CCc2[nH]c3ccc(F)cc3c2C1)S(C)(=O)=O. The summed E-state index contributed by atoms with van der Waals surface area (Å²) in [7, 11) is -3.02. The van der Waals surface area contributed by atoms with Crippen molar-refractivity contribution in [3.63, 3.8) is 0 Å². The van der Waals surface area contributed by atoms with E-state index in [1.54, 1.807) is 19.1 Å². The van der Waals surface area contributed by atoms with Gasteiger partial charge in [-0.3, -0.25) is 4.90 Å². The molecule has 1 aliphatic heterocycles. The van der Waals surface area contributed by atoms with E-state index in [1.807, 2.05) is 0 Å². The van der Waals surface area contributed by atoms with Crippen LogP contribution in [0.3, 0.4) is 0 Å². The molecule has 0 amide bonds. The van der Waals surface area contributed by atoms with Gasteiger partial charge in [-0.05, 0) is 30.7 Å². The predicted octanol–water partition coefficient (Wildman–Crippen LogP) is 2.10. The molecule has 0 saturated heterocycles. The molecule has 0 saturated carbocycles. The van der Waals surface area contributed by atoms with Crippen LogP contribution in [0, 0.1) is 5.82 Å². The summed E-state index contributed by atoms with van der Waals surface area (Å²) in [5.74, 6) is -0.245. The molecule has 0 bridgehead atoms. The Hall–Kier alpha value is -1.40. The molecule has 4 nitrogen and oxygen atoms in total. The highest BCUT2D eigenvalue weighted by molar-refractivity contribution is 7.91. The highest BCUT2D eigenvalue weighted by atomic mass is 32.2. The van der Waals surface area contributed by atoms with Crippen LogP contribution in [0.5, 0.6) is 0 Å². The van der Waals surface area contributed by atoms with E-state index in [-0.39, 0.29) is 11.1 Å². The summed E-state index contributed by atoms with van der Waals surface area (Å²) in [6.07, 6.45) is 2.11. The summed E-state index contributed by atoms with van der Waals surface area (Å²) in [6, 6.07) is 4.76. The Morgan fingerprint density at radius 1 is 1.43 bits per heavy atom. The van der Waals surface area contributed by atoms with Crippen LogP contribution in [0.15, 0.2) is 18.2 Å². The molecule has 3 rings (SSSR count). The van der Waals surface area contributed by atoms with Gasteiger partial charge in [0.15, 0.2) is 9.84 Å². The van der Waals surface area contributed by atoms with Gasteiger partial charge in [-0.2, -0.15) is 0 Å². The minimum atomic E-state index is -3.02. The van der Waals surface area contributed by atoms with Gasteiger partial charge in [0.25, 0.3) is 0 Å². The molecule has 6 heteroatoms. The van der Waals surface area contributed by atoms with E-state index in [4.69, 9.17) is 0 Å².